The van der Waals surface area contributed by atoms with Gasteiger partial charge in [-0.1, -0.05) is 47.3 Å². The summed E-state index contributed by atoms with van der Waals surface area (Å²) < 4.78 is 76.6. The smallest absolute Gasteiger partial charge is 0.444 e. The van der Waals surface area contributed by atoms with Gasteiger partial charge in [-0.05, 0) is 83.2 Å². The summed E-state index contributed by atoms with van der Waals surface area (Å²) >= 11 is 0. The molecule has 2 rings (SSSR count). The summed E-state index contributed by atoms with van der Waals surface area (Å²) in [5, 5.41) is 16.0. The fourth-order valence-corrected chi connectivity index (χ4v) is 7.09. The molecule has 0 spiro atoms. The molecule has 0 bridgehead atoms. The predicted molar refractivity (Wildman–Crippen MR) is 200 cm³/mol. The van der Waals surface area contributed by atoms with Crippen molar-refractivity contribution in [2.24, 2.45) is 11.3 Å². The molecule has 5 atom stereocenters. The minimum atomic E-state index is -5.15. The lowest BCUT2D eigenvalue weighted by Crippen LogP contribution is -2.59. The lowest BCUT2D eigenvalue weighted by molar-refractivity contribution is -0.167. The van der Waals surface area contributed by atoms with Gasteiger partial charge in [-0.25, -0.2) is 17.9 Å². The number of amides is 4. The fourth-order valence-electron chi connectivity index (χ4n) is 6.10. The van der Waals surface area contributed by atoms with Gasteiger partial charge in [0.25, 0.3) is 15.9 Å². The highest BCUT2D eigenvalue weighted by atomic mass is 32.2. The Morgan fingerprint density at radius 1 is 1.05 bits per heavy atom. The van der Waals surface area contributed by atoms with Crippen LogP contribution in [-0.2, 0) is 33.9 Å². The molecular formula is C37H56F3N5O9S. The average molecular weight is 804 g/mol. The Morgan fingerprint density at radius 2 is 1.62 bits per heavy atom. The number of carbonyl (C=O) groups is 4. The predicted octanol–water partition coefficient (Wildman–Crippen LogP) is 4.72. The molecule has 0 aromatic heterocycles. The number of likely N-dealkylation sites (N-methyl/N-ethyl adjacent to an activating group) is 1. The second kappa shape index (κ2) is 18.3. The van der Waals surface area contributed by atoms with Gasteiger partial charge in [0.15, 0.2) is 0 Å². The van der Waals surface area contributed by atoms with Crippen LogP contribution in [0.3, 0.4) is 0 Å². The molecule has 18 heteroatoms. The van der Waals surface area contributed by atoms with Crippen molar-refractivity contribution in [1.29, 1.82) is 0 Å². The first-order valence-corrected chi connectivity index (χ1v) is 19.2. The monoisotopic (exact) mass is 803 g/mol. The number of sulfonamides is 1. The molecule has 0 radical (unpaired) electrons. The van der Waals surface area contributed by atoms with Crippen LogP contribution in [0.1, 0.15) is 75.2 Å². The van der Waals surface area contributed by atoms with E-state index in [1.54, 1.807) is 51.0 Å². The first-order chi connectivity index (χ1) is 25.0. The summed E-state index contributed by atoms with van der Waals surface area (Å²) in [7, 11) is -1.57. The Kier molecular flexibility index (Phi) is 15.7. The molecule has 1 aliphatic heterocycles. The number of hydrogen-bond donors (Lipinski definition) is 4. The summed E-state index contributed by atoms with van der Waals surface area (Å²) in [5.41, 5.74) is -1.64. The lowest BCUT2D eigenvalue weighted by Gasteiger charge is -2.42. The lowest BCUT2D eigenvalue weighted by atomic mass is 9.84. The molecule has 1 saturated heterocycles. The molecule has 310 valence electrons. The number of nitrogens with zero attached hydrogens (tertiary/aromatic N) is 2. The number of likely N-dealkylation sites (tertiary alicyclic amines) is 1. The summed E-state index contributed by atoms with van der Waals surface area (Å²) in [4.78, 5) is 53.8. The van der Waals surface area contributed by atoms with E-state index in [1.807, 2.05) is 39.3 Å². The molecule has 55 heavy (non-hydrogen) atoms. The van der Waals surface area contributed by atoms with E-state index in [0.717, 1.165) is 24.3 Å². The van der Waals surface area contributed by atoms with E-state index in [0.29, 0.717) is 25.0 Å². The number of methoxy groups -OCH3 is 1. The largest absolute Gasteiger partial charge is 0.471 e. The summed E-state index contributed by atoms with van der Waals surface area (Å²) in [5.74, 6) is -3.85. The van der Waals surface area contributed by atoms with E-state index in [-0.39, 0.29) is 23.1 Å². The number of benzene rings is 1. The van der Waals surface area contributed by atoms with Crippen molar-refractivity contribution in [3.63, 3.8) is 0 Å². The number of hydrogen-bond acceptors (Lipinski definition) is 10. The molecule has 1 aliphatic rings. The molecule has 1 aromatic carbocycles. The van der Waals surface area contributed by atoms with Crippen LogP contribution < -0.4 is 15.4 Å². The standard InChI is InChI=1S/C37H56F3N5O9S/c1-21(2)27(44(11)32(48)29(35(5,6)7)42-34(50)54-36(8,9)10)20-22(3)31(47)45-19-13-14-26(45)28(53-12)23(4)30(46)43-55(51,52)25-17-15-24(16-18-25)41-33(49)37(38,39)40/h15-18,20-21,26-29,32,48H,4,13-14,19H2,1-3,5-12H3,(H,41,49)(H,42,50)(H,43,46)/b22-20+/t26-,27+,28+,29+,32?/m0/s1. The number of carbonyl (C=O) groups excluding carboxylic acids is 4. The van der Waals surface area contributed by atoms with E-state index >= 15 is 0 Å². The minimum Gasteiger partial charge on any atom is -0.444 e. The van der Waals surface area contributed by atoms with Gasteiger partial charge in [0.2, 0.25) is 5.91 Å². The van der Waals surface area contributed by atoms with Crippen molar-refractivity contribution >= 4 is 39.5 Å². The molecule has 4 amide bonds. The van der Waals surface area contributed by atoms with E-state index in [2.05, 4.69) is 11.9 Å². The summed E-state index contributed by atoms with van der Waals surface area (Å²) in [6, 6.07) is 1.72. The second-order valence-electron chi connectivity index (χ2n) is 16.0. The first-order valence-electron chi connectivity index (χ1n) is 17.7. The number of ether oxygens (including phenoxy) is 2. The molecule has 0 aliphatic carbocycles. The molecule has 14 nitrogen and oxygen atoms in total. The zero-order chi connectivity index (χ0) is 42.4. The van der Waals surface area contributed by atoms with Crippen LogP contribution in [0.2, 0.25) is 0 Å². The van der Waals surface area contributed by atoms with Crippen LogP contribution in [0, 0.1) is 11.3 Å². The SMILES string of the molecule is C=C(C(=O)NS(=O)(=O)c1ccc(NC(=O)C(F)(F)F)cc1)[C@@H](OC)[C@@H]1CCCN1C(=O)/C(C)=C/[C@H](C(C)C)N(C)C(O)[C@@H](NC(=O)OC(C)(C)C)C(C)(C)C. The number of alkyl carbamates (subject to hydrolysis) is 1. The van der Waals surface area contributed by atoms with Gasteiger partial charge in [-0.3, -0.25) is 19.3 Å². The van der Waals surface area contributed by atoms with E-state index in [9.17, 15) is 45.9 Å². The van der Waals surface area contributed by atoms with Crippen molar-refractivity contribution < 1.29 is 55.3 Å². The molecule has 1 fully saturated rings. The van der Waals surface area contributed by atoms with Gasteiger partial charge >= 0.3 is 18.2 Å². The Hall–Kier alpha value is -4.00. The van der Waals surface area contributed by atoms with Crippen molar-refractivity contribution in [3.8, 4) is 0 Å². The number of rotatable bonds is 14. The number of aliphatic hydroxyl groups is 1. The highest BCUT2D eigenvalue weighted by molar-refractivity contribution is 7.90. The molecule has 1 heterocycles. The first kappa shape index (κ1) is 47.2. The van der Waals surface area contributed by atoms with Crippen LogP contribution in [0.25, 0.3) is 0 Å². The third-order valence-electron chi connectivity index (χ3n) is 8.94. The van der Waals surface area contributed by atoms with Gasteiger partial charge in [0, 0.05) is 36.5 Å². The van der Waals surface area contributed by atoms with Gasteiger partial charge in [-0.15, -0.1) is 0 Å². The van der Waals surface area contributed by atoms with Crippen LogP contribution in [0.4, 0.5) is 23.7 Å². The van der Waals surface area contributed by atoms with Crippen LogP contribution in [-0.4, -0.2) is 110 Å². The van der Waals surface area contributed by atoms with Gasteiger partial charge in [0.1, 0.15) is 17.9 Å². The molecular weight excluding hydrogens is 747 g/mol. The van der Waals surface area contributed by atoms with E-state index in [4.69, 9.17) is 9.47 Å². The normalized spacial score (nSPS) is 18.0. The van der Waals surface area contributed by atoms with Crippen LogP contribution in [0.15, 0.2) is 53.0 Å². The average Bonchev–Trinajstić information content (AvgIpc) is 3.52. The Balaban J connectivity index is 2.26. The number of alkyl halides is 3. The minimum absolute atomic E-state index is 0.106. The number of anilines is 1. The highest BCUT2D eigenvalue weighted by Gasteiger charge is 2.41. The zero-order valence-electron chi connectivity index (χ0n) is 33.3. The van der Waals surface area contributed by atoms with Crippen molar-refractivity contribution in [2.45, 2.75) is 122 Å². The van der Waals surface area contributed by atoms with Crippen molar-refractivity contribution in [2.75, 3.05) is 26.0 Å². The van der Waals surface area contributed by atoms with Gasteiger partial charge in [-0.2, -0.15) is 13.2 Å². The second-order valence-corrected chi connectivity index (χ2v) is 17.6. The highest BCUT2D eigenvalue weighted by Crippen LogP contribution is 2.30. The number of nitrogens with one attached hydrogen (secondary N) is 3. The van der Waals surface area contributed by atoms with Crippen molar-refractivity contribution in [3.05, 3.63) is 48.1 Å². The Morgan fingerprint density at radius 3 is 2.09 bits per heavy atom. The topological polar surface area (TPSA) is 184 Å². The number of halogens is 3. The quantitative estimate of drug-likeness (QED) is 0.152. The zero-order valence-corrected chi connectivity index (χ0v) is 34.1. The van der Waals surface area contributed by atoms with Crippen LogP contribution >= 0.6 is 0 Å². The molecule has 1 unspecified atom stereocenters. The van der Waals surface area contributed by atoms with Gasteiger partial charge in [0.05, 0.1) is 17.0 Å². The third kappa shape index (κ3) is 13.0. The molecule has 4 N–H and O–H groups in total. The maximum atomic E-state index is 14.0. The van der Waals surface area contributed by atoms with Gasteiger partial charge < -0.3 is 30.1 Å². The maximum Gasteiger partial charge on any atom is 0.471 e. The van der Waals surface area contributed by atoms with E-state index in [1.165, 1.54) is 12.0 Å². The summed E-state index contributed by atoms with van der Waals surface area (Å²) in [6.45, 7) is 20.4. The fraction of sp³-hybridized carbons (Fsp3) is 0.622. The Bertz CT molecular complexity index is 1700. The summed E-state index contributed by atoms with van der Waals surface area (Å²) in [6.07, 6.45) is -5.47. The molecule has 0 saturated carbocycles. The maximum absolute atomic E-state index is 14.0. The van der Waals surface area contributed by atoms with Crippen LogP contribution in [0.5, 0.6) is 0 Å². The third-order valence-corrected chi connectivity index (χ3v) is 10.3. The van der Waals surface area contributed by atoms with Crippen molar-refractivity contribution in [1.82, 2.24) is 19.8 Å². The van der Waals surface area contributed by atoms with E-state index < -0.39 is 80.5 Å². The number of aliphatic hydroxyl groups excluding tert-OH is 1. The Labute approximate surface area is 321 Å². The molecule has 1 aromatic rings.